The van der Waals surface area contributed by atoms with Crippen LogP contribution in [0.5, 0.6) is 0 Å². The third-order valence-electron chi connectivity index (χ3n) is 2.38. The molecule has 15 heavy (non-hydrogen) atoms. The van der Waals surface area contributed by atoms with Crippen molar-refractivity contribution in [1.82, 2.24) is 4.98 Å². The average Bonchev–Trinajstić information content (AvgIpc) is 2.29. The number of hydrogen-bond donors (Lipinski definition) is 0. The Labute approximate surface area is 94.7 Å². The molecule has 76 valence electrons. The molecule has 1 aromatic heterocycles. The van der Waals surface area contributed by atoms with Gasteiger partial charge in [-0.1, -0.05) is 42.8 Å². The highest BCUT2D eigenvalue weighted by Crippen LogP contribution is 2.20. The standard InChI is InChI=1S/C13H12ClN/c1-2-10-3-5-11(6-4-10)13-9-12(14)7-8-15-13/h3-9H,2H2,1H3. The summed E-state index contributed by atoms with van der Waals surface area (Å²) in [7, 11) is 0. The van der Waals surface area contributed by atoms with Gasteiger partial charge in [0.25, 0.3) is 0 Å². The Kier molecular flexibility index (Phi) is 3.02. The quantitative estimate of drug-likeness (QED) is 0.742. The summed E-state index contributed by atoms with van der Waals surface area (Å²) in [6, 6.07) is 12.1. The molecule has 0 saturated heterocycles. The van der Waals surface area contributed by atoms with E-state index in [1.54, 1.807) is 12.3 Å². The molecule has 0 aliphatic rings. The Balaban J connectivity index is 2.37. The second-order valence-corrected chi connectivity index (χ2v) is 3.85. The molecule has 0 atom stereocenters. The fourth-order valence-corrected chi connectivity index (χ4v) is 1.63. The Morgan fingerprint density at radius 1 is 1.13 bits per heavy atom. The van der Waals surface area contributed by atoms with Gasteiger partial charge >= 0.3 is 0 Å². The lowest BCUT2D eigenvalue weighted by Gasteiger charge is -2.02. The first kappa shape index (κ1) is 10.2. The van der Waals surface area contributed by atoms with Gasteiger partial charge < -0.3 is 0 Å². The first-order valence-electron chi connectivity index (χ1n) is 5.00. The SMILES string of the molecule is CCc1ccc(-c2cc(Cl)ccn2)cc1. The normalized spacial score (nSPS) is 10.3. The van der Waals surface area contributed by atoms with Gasteiger partial charge in [-0.2, -0.15) is 0 Å². The molecule has 0 spiro atoms. The summed E-state index contributed by atoms with van der Waals surface area (Å²) in [4.78, 5) is 4.28. The molecule has 0 amide bonds. The van der Waals surface area contributed by atoms with E-state index >= 15 is 0 Å². The summed E-state index contributed by atoms with van der Waals surface area (Å²) in [5, 5.41) is 0.722. The maximum absolute atomic E-state index is 5.91. The monoisotopic (exact) mass is 217 g/mol. The fourth-order valence-electron chi connectivity index (χ4n) is 1.47. The molecule has 0 aliphatic heterocycles. The van der Waals surface area contributed by atoms with Crippen molar-refractivity contribution < 1.29 is 0 Å². The molecule has 0 unspecified atom stereocenters. The van der Waals surface area contributed by atoms with Gasteiger partial charge in [0.1, 0.15) is 0 Å². The molecule has 2 heteroatoms. The molecule has 0 N–H and O–H groups in total. The van der Waals surface area contributed by atoms with E-state index in [0.717, 1.165) is 22.7 Å². The van der Waals surface area contributed by atoms with Crippen LogP contribution in [0.25, 0.3) is 11.3 Å². The number of aromatic nitrogens is 1. The molecule has 2 rings (SSSR count). The van der Waals surface area contributed by atoms with E-state index in [2.05, 4.69) is 36.2 Å². The van der Waals surface area contributed by atoms with Gasteiger partial charge in [-0.25, -0.2) is 0 Å². The van der Waals surface area contributed by atoms with E-state index in [4.69, 9.17) is 11.6 Å². The molecule has 0 bridgehead atoms. The zero-order valence-electron chi connectivity index (χ0n) is 8.57. The minimum absolute atomic E-state index is 0.722. The van der Waals surface area contributed by atoms with Crippen LogP contribution in [-0.2, 0) is 6.42 Å². The molecule has 0 radical (unpaired) electrons. The van der Waals surface area contributed by atoms with Crippen molar-refractivity contribution >= 4 is 11.6 Å². The second kappa shape index (κ2) is 4.45. The van der Waals surface area contributed by atoms with Crippen molar-refractivity contribution in [3.05, 3.63) is 53.2 Å². The van der Waals surface area contributed by atoms with Crippen LogP contribution in [0.15, 0.2) is 42.6 Å². The van der Waals surface area contributed by atoms with Crippen molar-refractivity contribution in [2.24, 2.45) is 0 Å². The Morgan fingerprint density at radius 3 is 2.47 bits per heavy atom. The summed E-state index contributed by atoms with van der Waals surface area (Å²) in [5.41, 5.74) is 3.36. The molecule has 0 fully saturated rings. The molecule has 1 heterocycles. The van der Waals surface area contributed by atoms with E-state index in [9.17, 15) is 0 Å². The van der Waals surface area contributed by atoms with Gasteiger partial charge in [0.05, 0.1) is 5.69 Å². The van der Waals surface area contributed by atoms with Crippen LogP contribution in [0.4, 0.5) is 0 Å². The lowest BCUT2D eigenvalue weighted by molar-refractivity contribution is 1.14. The van der Waals surface area contributed by atoms with Crippen LogP contribution in [0.3, 0.4) is 0 Å². The summed E-state index contributed by atoms with van der Waals surface area (Å²) in [6.07, 6.45) is 2.79. The van der Waals surface area contributed by atoms with Crippen molar-refractivity contribution in [3.63, 3.8) is 0 Å². The largest absolute Gasteiger partial charge is 0.256 e. The zero-order chi connectivity index (χ0) is 10.7. The fraction of sp³-hybridized carbons (Fsp3) is 0.154. The highest BCUT2D eigenvalue weighted by atomic mass is 35.5. The Morgan fingerprint density at radius 2 is 1.87 bits per heavy atom. The van der Waals surface area contributed by atoms with Crippen LogP contribution >= 0.6 is 11.6 Å². The number of hydrogen-bond acceptors (Lipinski definition) is 1. The summed E-state index contributed by atoms with van der Waals surface area (Å²) >= 11 is 5.91. The van der Waals surface area contributed by atoms with E-state index < -0.39 is 0 Å². The van der Waals surface area contributed by atoms with Gasteiger partial charge in [0.2, 0.25) is 0 Å². The smallest absolute Gasteiger partial charge is 0.0716 e. The minimum Gasteiger partial charge on any atom is -0.256 e. The molecular formula is C13H12ClN. The summed E-state index contributed by atoms with van der Waals surface area (Å²) in [6.45, 7) is 2.15. The average molecular weight is 218 g/mol. The van der Waals surface area contributed by atoms with E-state index in [-0.39, 0.29) is 0 Å². The Bertz CT molecular complexity index is 448. The van der Waals surface area contributed by atoms with Gasteiger partial charge in [0, 0.05) is 16.8 Å². The minimum atomic E-state index is 0.722. The van der Waals surface area contributed by atoms with Gasteiger partial charge in [-0.05, 0) is 24.1 Å². The highest BCUT2D eigenvalue weighted by Gasteiger charge is 1.99. The van der Waals surface area contributed by atoms with Gasteiger partial charge in [0.15, 0.2) is 0 Å². The van der Waals surface area contributed by atoms with Crippen molar-refractivity contribution in [2.45, 2.75) is 13.3 Å². The topological polar surface area (TPSA) is 12.9 Å². The number of halogens is 1. The first-order chi connectivity index (χ1) is 7.29. The number of pyridine rings is 1. The maximum atomic E-state index is 5.91. The van der Waals surface area contributed by atoms with Gasteiger partial charge in [-0.15, -0.1) is 0 Å². The van der Waals surface area contributed by atoms with E-state index in [0.29, 0.717) is 0 Å². The maximum Gasteiger partial charge on any atom is 0.0716 e. The predicted octanol–water partition coefficient (Wildman–Crippen LogP) is 3.96. The second-order valence-electron chi connectivity index (χ2n) is 3.41. The lowest BCUT2D eigenvalue weighted by Crippen LogP contribution is -1.84. The lowest BCUT2D eigenvalue weighted by atomic mass is 10.1. The predicted molar refractivity (Wildman–Crippen MR) is 64.1 cm³/mol. The van der Waals surface area contributed by atoms with Gasteiger partial charge in [-0.3, -0.25) is 4.98 Å². The third-order valence-corrected chi connectivity index (χ3v) is 2.62. The van der Waals surface area contributed by atoms with Crippen LogP contribution in [0.1, 0.15) is 12.5 Å². The molecule has 2 aromatic rings. The van der Waals surface area contributed by atoms with Crippen molar-refractivity contribution in [2.75, 3.05) is 0 Å². The Hall–Kier alpha value is -1.34. The molecule has 1 nitrogen and oxygen atoms in total. The number of benzene rings is 1. The zero-order valence-corrected chi connectivity index (χ0v) is 9.33. The molecule has 1 aromatic carbocycles. The van der Waals surface area contributed by atoms with Crippen molar-refractivity contribution in [1.29, 1.82) is 0 Å². The van der Waals surface area contributed by atoms with Crippen LogP contribution in [0.2, 0.25) is 5.02 Å². The number of nitrogens with zero attached hydrogens (tertiary/aromatic N) is 1. The van der Waals surface area contributed by atoms with Crippen LogP contribution in [-0.4, -0.2) is 4.98 Å². The van der Waals surface area contributed by atoms with Crippen LogP contribution < -0.4 is 0 Å². The number of aryl methyl sites for hydroxylation is 1. The summed E-state index contributed by atoms with van der Waals surface area (Å²) in [5.74, 6) is 0. The molecule has 0 saturated carbocycles. The molecule has 0 aliphatic carbocycles. The van der Waals surface area contributed by atoms with E-state index in [1.165, 1.54) is 5.56 Å². The third kappa shape index (κ3) is 2.37. The molecular weight excluding hydrogens is 206 g/mol. The van der Waals surface area contributed by atoms with Crippen LogP contribution in [0, 0.1) is 0 Å². The summed E-state index contributed by atoms with van der Waals surface area (Å²) < 4.78 is 0. The number of rotatable bonds is 2. The van der Waals surface area contributed by atoms with E-state index in [1.807, 2.05) is 6.07 Å². The van der Waals surface area contributed by atoms with Crippen molar-refractivity contribution in [3.8, 4) is 11.3 Å². The first-order valence-corrected chi connectivity index (χ1v) is 5.38. The highest BCUT2D eigenvalue weighted by molar-refractivity contribution is 6.30.